The van der Waals surface area contributed by atoms with Gasteiger partial charge in [0, 0.05) is 16.6 Å². The van der Waals surface area contributed by atoms with Gasteiger partial charge in [-0.3, -0.25) is 5.32 Å². The maximum atomic E-state index is 11.7. The molecule has 0 radical (unpaired) electrons. The number of carbonyl (C=O) groups excluding carboxylic acids is 1. The fourth-order valence-electron chi connectivity index (χ4n) is 1.65. The van der Waals surface area contributed by atoms with Crippen molar-refractivity contribution in [3.8, 4) is 11.3 Å². The van der Waals surface area contributed by atoms with Crippen LogP contribution in [0.4, 0.5) is 10.5 Å². The number of nitrogens with zero attached hydrogens (tertiary/aromatic N) is 1. The molecular weight excluding hydrogens is 304 g/mol. The average Bonchev–Trinajstić information content (AvgIpc) is 2.87. The van der Waals surface area contributed by atoms with Gasteiger partial charge in [0.2, 0.25) is 5.01 Å². The summed E-state index contributed by atoms with van der Waals surface area (Å²) >= 11 is 1.07. The lowest BCUT2D eigenvalue weighted by Gasteiger charge is -2.19. The van der Waals surface area contributed by atoms with E-state index in [0.29, 0.717) is 11.4 Å². The first-order valence-corrected chi connectivity index (χ1v) is 7.42. The quantitative estimate of drug-likeness (QED) is 0.896. The predicted molar refractivity (Wildman–Crippen MR) is 84.4 cm³/mol. The maximum Gasteiger partial charge on any atom is 0.412 e. The number of nitrogens with one attached hydrogen (secondary N) is 1. The van der Waals surface area contributed by atoms with Crippen molar-refractivity contribution >= 4 is 29.1 Å². The van der Waals surface area contributed by atoms with Crippen LogP contribution in [-0.2, 0) is 4.74 Å². The van der Waals surface area contributed by atoms with Gasteiger partial charge in [0.1, 0.15) is 5.60 Å². The summed E-state index contributed by atoms with van der Waals surface area (Å²) in [5.74, 6) is -1.04. The molecule has 22 heavy (non-hydrogen) atoms. The van der Waals surface area contributed by atoms with Crippen LogP contribution in [0.5, 0.6) is 0 Å². The normalized spacial score (nSPS) is 11.0. The molecule has 1 amide bonds. The van der Waals surface area contributed by atoms with Crippen molar-refractivity contribution in [1.29, 1.82) is 0 Å². The van der Waals surface area contributed by atoms with E-state index >= 15 is 0 Å². The van der Waals surface area contributed by atoms with Gasteiger partial charge in [-0.2, -0.15) is 0 Å². The number of ether oxygens (including phenoxy) is 1. The van der Waals surface area contributed by atoms with Crippen molar-refractivity contribution in [3.63, 3.8) is 0 Å². The molecule has 6 nitrogen and oxygen atoms in total. The van der Waals surface area contributed by atoms with Crippen molar-refractivity contribution < 1.29 is 19.4 Å². The zero-order chi connectivity index (χ0) is 16.3. The largest absolute Gasteiger partial charge is 0.476 e. The fraction of sp³-hybridized carbons (Fsp3) is 0.267. The van der Waals surface area contributed by atoms with Gasteiger partial charge < -0.3 is 9.84 Å². The second-order valence-electron chi connectivity index (χ2n) is 5.55. The Balaban J connectivity index is 2.06. The third-order valence-electron chi connectivity index (χ3n) is 2.51. The van der Waals surface area contributed by atoms with E-state index in [1.165, 1.54) is 0 Å². The third kappa shape index (κ3) is 4.29. The average molecular weight is 320 g/mol. The molecule has 1 aromatic carbocycles. The molecule has 2 aromatic rings. The van der Waals surface area contributed by atoms with Gasteiger partial charge in [0.15, 0.2) is 0 Å². The van der Waals surface area contributed by atoms with Crippen LogP contribution in [0.15, 0.2) is 29.6 Å². The van der Waals surface area contributed by atoms with E-state index in [1.807, 2.05) is 0 Å². The Morgan fingerprint density at radius 2 is 1.86 bits per heavy atom. The highest BCUT2D eigenvalue weighted by Crippen LogP contribution is 2.23. The molecule has 0 saturated carbocycles. The Bertz CT molecular complexity index is 686. The Hall–Kier alpha value is -2.41. The van der Waals surface area contributed by atoms with E-state index in [0.717, 1.165) is 16.9 Å². The standard InChI is InChI=1S/C15H16N2O4S/c1-15(2,3)21-14(20)16-10-6-4-9(5-7-10)11-8-22-12(17-11)13(18)19/h4-8H,1-3H3,(H,16,20)(H,18,19). The van der Waals surface area contributed by atoms with Crippen LogP contribution < -0.4 is 5.32 Å². The Labute approximate surface area is 131 Å². The molecular formula is C15H16N2O4S. The van der Waals surface area contributed by atoms with Crippen molar-refractivity contribution in [2.75, 3.05) is 5.32 Å². The lowest BCUT2D eigenvalue weighted by Crippen LogP contribution is -2.27. The predicted octanol–water partition coefficient (Wildman–Crippen LogP) is 3.86. The van der Waals surface area contributed by atoms with Gasteiger partial charge in [-0.05, 0) is 32.9 Å². The van der Waals surface area contributed by atoms with E-state index in [4.69, 9.17) is 9.84 Å². The van der Waals surface area contributed by atoms with Crippen molar-refractivity contribution in [2.24, 2.45) is 0 Å². The number of aromatic carboxylic acids is 1. The zero-order valence-electron chi connectivity index (χ0n) is 12.4. The molecule has 1 heterocycles. The van der Waals surface area contributed by atoms with E-state index in [-0.39, 0.29) is 5.01 Å². The molecule has 0 aliphatic carbocycles. The number of amides is 1. The second kappa shape index (κ2) is 6.15. The number of carboxylic acids is 1. The third-order valence-corrected chi connectivity index (χ3v) is 3.34. The monoisotopic (exact) mass is 320 g/mol. The summed E-state index contributed by atoms with van der Waals surface area (Å²) in [5.41, 5.74) is 1.40. The number of hydrogen-bond donors (Lipinski definition) is 2. The van der Waals surface area contributed by atoms with E-state index in [2.05, 4.69) is 10.3 Å². The van der Waals surface area contributed by atoms with E-state index in [1.54, 1.807) is 50.4 Å². The molecule has 0 unspecified atom stereocenters. The molecule has 0 saturated heterocycles. The van der Waals surface area contributed by atoms with E-state index in [9.17, 15) is 9.59 Å². The second-order valence-corrected chi connectivity index (χ2v) is 6.41. The summed E-state index contributed by atoms with van der Waals surface area (Å²) in [6.45, 7) is 5.37. The summed E-state index contributed by atoms with van der Waals surface area (Å²) in [6, 6.07) is 6.93. The summed E-state index contributed by atoms with van der Waals surface area (Å²) in [6.07, 6.45) is -0.526. The number of hydrogen-bond acceptors (Lipinski definition) is 5. The minimum atomic E-state index is -1.04. The molecule has 0 aliphatic heterocycles. The van der Waals surface area contributed by atoms with Crippen LogP contribution in [0.25, 0.3) is 11.3 Å². The Kier molecular flexibility index (Phi) is 4.46. The van der Waals surface area contributed by atoms with Crippen LogP contribution >= 0.6 is 11.3 Å². The lowest BCUT2D eigenvalue weighted by atomic mass is 10.1. The fourth-order valence-corrected chi connectivity index (χ4v) is 2.31. The first-order chi connectivity index (χ1) is 10.2. The molecule has 7 heteroatoms. The minimum absolute atomic E-state index is 0.0472. The van der Waals surface area contributed by atoms with Gasteiger partial charge >= 0.3 is 12.1 Å². The highest BCUT2D eigenvalue weighted by Gasteiger charge is 2.16. The molecule has 0 spiro atoms. The molecule has 0 bridgehead atoms. The minimum Gasteiger partial charge on any atom is -0.476 e. The van der Waals surface area contributed by atoms with Crippen LogP contribution in [0.2, 0.25) is 0 Å². The topological polar surface area (TPSA) is 88.5 Å². The van der Waals surface area contributed by atoms with Gasteiger partial charge in [-0.15, -0.1) is 11.3 Å². The highest BCUT2D eigenvalue weighted by molar-refractivity contribution is 7.11. The van der Waals surface area contributed by atoms with Crippen LogP contribution in [0.1, 0.15) is 30.6 Å². The number of carboxylic acid groups (broad SMARTS) is 1. The number of anilines is 1. The maximum absolute atomic E-state index is 11.7. The molecule has 0 fully saturated rings. The number of carbonyl (C=O) groups is 2. The molecule has 0 aliphatic rings. The zero-order valence-corrected chi connectivity index (χ0v) is 13.2. The summed E-state index contributed by atoms with van der Waals surface area (Å²) in [7, 11) is 0. The van der Waals surface area contributed by atoms with Crippen molar-refractivity contribution in [2.45, 2.75) is 26.4 Å². The van der Waals surface area contributed by atoms with Crippen LogP contribution in [0, 0.1) is 0 Å². The molecule has 1 aromatic heterocycles. The molecule has 2 rings (SSSR count). The smallest absolute Gasteiger partial charge is 0.412 e. The Morgan fingerprint density at radius 3 is 2.36 bits per heavy atom. The van der Waals surface area contributed by atoms with Gasteiger partial charge in [0.25, 0.3) is 0 Å². The van der Waals surface area contributed by atoms with E-state index < -0.39 is 17.7 Å². The SMILES string of the molecule is CC(C)(C)OC(=O)Nc1ccc(-c2csc(C(=O)O)n2)cc1. The van der Waals surface area contributed by atoms with Crippen LogP contribution in [-0.4, -0.2) is 27.8 Å². The Morgan fingerprint density at radius 1 is 1.23 bits per heavy atom. The lowest BCUT2D eigenvalue weighted by molar-refractivity contribution is 0.0634. The summed E-state index contributed by atoms with van der Waals surface area (Å²) in [5, 5.41) is 13.2. The molecule has 116 valence electrons. The number of aromatic nitrogens is 1. The number of thiazole rings is 1. The first kappa shape index (κ1) is 16.0. The van der Waals surface area contributed by atoms with Crippen molar-refractivity contribution in [1.82, 2.24) is 4.98 Å². The summed E-state index contributed by atoms with van der Waals surface area (Å²) < 4.78 is 5.16. The first-order valence-electron chi connectivity index (χ1n) is 6.54. The molecule has 0 atom stereocenters. The van der Waals surface area contributed by atoms with Gasteiger partial charge in [-0.25, -0.2) is 14.6 Å². The summed E-state index contributed by atoms with van der Waals surface area (Å²) in [4.78, 5) is 26.5. The van der Waals surface area contributed by atoms with Gasteiger partial charge in [-0.1, -0.05) is 12.1 Å². The number of rotatable bonds is 3. The highest BCUT2D eigenvalue weighted by atomic mass is 32.1. The van der Waals surface area contributed by atoms with Crippen LogP contribution in [0.3, 0.4) is 0 Å². The van der Waals surface area contributed by atoms with Gasteiger partial charge in [0.05, 0.1) is 5.69 Å². The number of benzene rings is 1. The molecule has 2 N–H and O–H groups in total. The van der Waals surface area contributed by atoms with Crippen molar-refractivity contribution in [3.05, 3.63) is 34.7 Å².